The minimum atomic E-state index is 0.302. The first-order valence-electron chi connectivity index (χ1n) is 7.07. The van der Waals surface area contributed by atoms with Crippen LogP contribution in [-0.4, -0.2) is 16.3 Å². The van der Waals surface area contributed by atoms with Crippen LogP contribution in [0.25, 0.3) is 10.9 Å². The molecule has 0 aliphatic rings. The van der Waals surface area contributed by atoms with Crippen LogP contribution in [0, 0.1) is 0 Å². The Kier molecular flexibility index (Phi) is 4.42. The summed E-state index contributed by atoms with van der Waals surface area (Å²) in [6.45, 7) is 3.09. The van der Waals surface area contributed by atoms with Gasteiger partial charge in [-0.25, -0.2) is 0 Å². The Morgan fingerprint density at radius 2 is 2.19 bits per heavy atom. The molecule has 3 nitrogen and oxygen atoms in total. The molecule has 0 spiro atoms. The molecule has 1 N–H and O–H groups in total. The summed E-state index contributed by atoms with van der Waals surface area (Å²) < 4.78 is 3.14. The van der Waals surface area contributed by atoms with Gasteiger partial charge < -0.3 is 5.32 Å². The molecule has 0 radical (unpaired) electrons. The predicted molar refractivity (Wildman–Crippen MR) is 92.9 cm³/mol. The predicted octanol–water partition coefficient (Wildman–Crippen LogP) is 4.29. The quantitative estimate of drug-likeness (QED) is 0.732. The van der Waals surface area contributed by atoms with Gasteiger partial charge >= 0.3 is 0 Å². The van der Waals surface area contributed by atoms with Gasteiger partial charge in [-0.3, -0.25) is 4.68 Å². The first kappa shape index (κ1) is 14.8. The van der Waals surface area contributed by atoms with Crippen LogP contribution in [0.2, 0.25) is 0 Å². The van der Waals surface area contributed by atoms with Crippen molar-refractivity contribution in [3.63, 3.8) is 0 Å². The third kappa shape index (κ3) is 3.05. The lowest BCUT2D eigenvalue weighted by molar-refractivity contribution is 0.542. The molecule has 1 atom stereocenters. The standard InChI is InChI=1S/C16H18BrN3S/c1-3-18-13(11-8-16(17)21-10-11)9-14-12-6-4-5-7-15(12)20(2)19-14/h4-8,10,13,18H,3,9H2,1-2H3. The number of hydrogen-bond donors (Lipinski definition) is 1. The number of aryl methyl sites for hydroxylation is 1. The maximum atomic E-state index is 4.71. The molecular formula is C16H18BrN3S. The van der Waals surface area contributed by atoms with Crippen LogP contribution < -0.4 is 5.32 Å². The van der Waals surface area contributed by atoms with E-state index in [0.717, 1.165) is 18.7 Å². The van der Waals surface area contributed by atoms with Crippen LogP contribution >= 0.6 is 27.3 Å². The normalized spacial score (nSPS) is 12.9. The fraction of sp³-hybridized carbons (Fsp3) is 0.312. The number of nitrogens with one attached hydrogen (secondary N) is 1. The maximum absolute atomic E-state index is 4.71. The molecule has 0 aliphatic carbocycles. The van der Waals surface area contributed by atoms with Crippen LogP contribution in [0.5, 0.6) is 0 Å². The van der Waals surface area contributed by atoms with E-state index >= 15 is 0 Å². The van der Waals surface area contributed by atoms with E-state index in [1.165, 1.54) is 20.3 Å². The Balaban J connectivity index is 1.94. The summed E-state index contributed by atoms with van der Waals surface area (Å²) in [6, 6.07) is 10.9. The van der Waals surface area contributed by atoms with Crippen molar-refractivity contribution < 1.29 is 0 Å². The largest absolute Gasteiger partial charge is 0.310 e. The summed E-state index contributed by atoms with van der Waals surface area (Å²) in [5.74, 6) is 0. The number of aromatic nitrogens is 2. The van der Waals surface area contributed by atoms with Crippen molar-refractivity contribution in [1.82, 2.24) is 15.1 Å². The van der Waals surface area contributed by atoms with Gasteiger partial charge in [0.1, 0.15) is 0 Å². The van der Waals surface area contributed by atoms with Gasteiger partial charge in [-0.1, -0.05) is 25.1 Å². The number of fused-ring (bicyclic) bond motifs is 1. The number of likely N-dealkylation sites (N-methyl/N-ethyl adjacent to an activating group) is 1. The molecule has 0 saturated carbocycles. The van der Waals surface area contributed by atoms with E-state index in [0.29, 0.717) is 6.04 Å². The molecule has 0 aliphatic heterocycles. The molecule has 3 rings (SSSR count). The van der Waals surface area contributed by atoms with Crippen molar-refractivity contribution in [2.24, 2.45) is 7.05 Å². The van der Waals surface area contributed by atoms with E-state index < -0.39 is 0 Å². The topological polar surface area (TPSA) is 29.9 Å². The molecule has 0 bridgehead atoms. The molecule has 110 valence electrons. The minimum absolute atomic E-state index is 0.302. The number of benzene rings is 1. The molecule has 0 amide bonds. The smallest absolute Gasteiger partial charge is 0.0722 e. The molecule has 1 unspecified atom stereocenters. The SMILES string of the molecule is CCNC(Cc1nn(C)c2ccccc12)c1csc(Br)c1. The first-order valence-corrected chi connectivity index (χ1v) is 8.74. The third-order valence-corrected chi connectivity index (χ3v) is 5.20. The number of rotatable bonds is 5. The van der Waals surface area contributed by atoms with E-state index in [2.05, 4.69) is 63.9 Å². The van der Waals surface area contributed by atoms with Crippen LogP contribution in [0.4, 0.5) is 0 Å². The zero-order valence-electron chi connectivity index (χ0n) is 12.1. The summed E-state index contributed by atoms with van der Waals surface area (Å²) in [5, 5.41) is 11.7. The van der Waals surface area contributed by atoms with Crippen LogP contribution in [0.1, 0.15) is 24.2 Å². The van der Waals surface area contributed by atoms with Crippen LogP contribution in [0.3, 0.4) is 0 Å². The van der Waals surface area contributed by atoms with Gasteiger partial charge in [-0.15, -0.1) is 11.3 Å². The molecule has 0 fully saturated rings. The van der Waals surface area contributed by atoms with Gasteiger partial charge in [0, 0.05) is 24.9 Å². The lowest BCUT2D eigenvalue weighted by Gasteiger charge is -2.15. The second-order valence-corrected chi connectivity index (χ2v) is 7.38. The second-order valence-electron chi connectivity index (χ2n) is 5.09. The fourth-order valence-corrected chi connectivity index (χ4v) is 3.92. The highest BCUT2D eigenvalue weighted by Crippen LogP contribution is 2.29. The Morgan fingerprint density at radius 1 is 1.38 bits per heavy atom. The number of halogens is 1. The molecule has 2 heterocycles. The van der Waals surface area contributed by atoms with Crippen LogP contribution in [0.15, 0.2) is 39.5 Å². The lowest BCUT2D eigenvalue weighted by Crippen LogP contribution is -2.22. The number of nitrogens with zero attached hydrogens (tertiary/aromatic N) is 2. The fourth-order valence-electron chi connectivity index (χ4n) is 2.69. The molecule has 0 saturated heterocycles. The maximum Gasteiger partial charge on any atom is 0.0722 e. The molecule has 2 aromatic heterocycles. The van der Waals surface area contributed by atoms with Crippen molar-refractivity contribution in [2.75, 3.05) is 6.54 Å². The Hall–Kier alpha value is -1.17. The van der Waals surface area contributed by atoms with Gasteiger partial charge in [-0.2, -0.15) is 5.10 Å². The average molecular weight is 364 g/mol. The highest BCUT2D eigenvalue weighted by molar-refractivity contribution is 9.11. The number of hydrogen-bond acceptors (Lipinski definition) is 3. The van der Waals surface area contributed by atoms with E-state index in [-0.39, 0.29) is 0 Å². The molecule has 5 heteroatoms. The summed E-state index contributed by atoms with van der Waals surface area (Å²) in [6.07, 6.45) is 0.901. The highest BCUT2D eigenvalue weighted by atomic mass is 79.9. The molecule has 1 aromatic carbocycles. The zero-order chi connectivity index (χ0) is 14.8. The van der Waals surface area contributed by atoms with Crippen LogP contribution in [-0.2, 0) is 13.5 Å². The molecular weight excluding hydrogens is 346 g/mol. The third-order valence-electron chi connectivity index (χ3n) is 3.67. The second kappa shape index (κ2) is 6.30. The van der Waals surface area contributed by atoms with Gasteiger partial charge in [0.25, 0.3) is 0 Å². The van der Waals surface area contributed by atoms with Gasteiger partial charge in [-0.05, 0) is 45.6 Å². The monoisotopic (exact) mass is 363 g/mol. The number of thiophene rings is 1. The first-order chi connectivity index (χ1) is 10.2. The zero-order valence-corrected chi connectivity index (χ0v) is 14.5. The summed E-state index contributed by atoms with van der Waals surface area (Å²) in [7, 11) is 2.01. The Bertz CT molecular complexity index is 747. The van der Waals surface area contributed by atoms with Crippen molar-refractivity contribution in [2.45, 2.75) is 19.4 Å². The molecule has 3 aromatic rings. The summed E-state index contributed by atoms with van der Waals surface area (Å²) in [5.41, 5.74) is 3.67. The van der Waals surface area contributed by atoms with Gasteiger partial charge in [0.2, 0.25) is 0 Å². The van der Waals surface area contributed by atoms with E-state index in [4.69, 9.17) is 5.10 Å². The number of para-hydroxylation sites is 1. The minimum Gasteiger partial charge on any atom is -0.310 e. The van der Waals surface area contributed by atoms with Crippen molar-refractivity contribution in [1.29, 1.82) is 0 Å². The van der Waals surface area contributed by atoms with Gasteiger partial charge in [0.15, 0.2) is 0 Å². The summed E-state index contributed by atoms with van der Waals surface area (Å²) >= 11 is 5.28. The van der Waals surface area contributed by atoms with E-state index in [1.807, 2.05) is 11.7 Å². The highest BCUT2D eigenvalue weighted by Gasteiger charge is 2.17. The van der Waals surface area contributed by atoms with E-state index in [1.54, 1.807) is 11.3 Å². The Labute approximate surface area is 137 Å². The molecule has 21 heavy (non-hydrogen) atoms. The lowest BCUT2D eigenvalue weighted by atomic mass is 10.0. The van der Waals surface area contributed by atoms with E-state index in [9.17, 15) is 0 Å². The average Bonchev–Trinajstić information content (AvgIpc) is 3.04. The van der Waals surface area contributed by atoms with Crippen molar-refractivity contribution >= 4 is 38.2 Å². The van der Waals surface area contributed by atoms with Gasteiger partial charge in [0.05, 0.1) is 15.0 Å². The summed E-state index contributed by atoms with van der Waals surface area (Å²) in [4.78, 5) is 0. The van der Waals surface area contributed by atoms with Crippen molar-refractivity contribution in [3.05, 3.63) is 50.8 Å². The van der Waals surface area contributed by atoms with Crippen molar-refractivity contribution in [3.8, 4) is 0 Å². The Morgan fingerprint density at radius 3 is 2.90 bits per heavy atom.